The van der Waals surface area contributed by atoms with Gasteiger partial charge in [0.25, 0.3) is 0 Å². The van der Waals surface area contributed by atoms with Gasteiger partial charge in [-0.15, -0.1) is 11.3 Å². The molecule has 0 saturated heterocycles. The summed E-state index contributed by atoms with van der Waals surface area (Å²) < 4.78 is 0. The maximum Gasteiger partial charge on any atom is 0.162 e. The Hall–Kier alpha value is -2.14. The monoisotopic (exact) mass is 384 g/mol. The number of hydrogen-bond acceptors (Lipinski definition) is 4. The van der Waals surface area contributed by atoms with Gasteiger partial charge in [-0.2, -0.15) is 0 Å². The lowest BCUT2D eigenvalue weighted by molar-refractivity contribution is 0.112. The van der Waals surface area contributed by atoms with Crippen LogP contribution in [0.1, 0.15) is 59.6 Å². The van der Waals surface area contributed by atoms with E-state index in [9.17, 15) is 9.90 Å². The minimum Gasteiger partial charge on any atom is -0.508 e. The Balaban J connectivity index is 1.62. The summed E-state index contributed by atoms with van der Waals surface area (Å²) in [5, 5.41) is 13.2. The smallest absolute Gasteiger partial charge is 0.162 e. The van der Waals surface area contributed by atoms with Gasteiger partial charge in [-0.25, -0.2) is 4.99 Å². The van der Waals surface area contributed by atoms with Gasteiger partial charge in [0.2, 0.25) is 0 Å². The zero-order chi connectivity index (χ0) is 19.2. The predicted octanol–water partition coefficient (Wildman–Crippen LogP) is 5.97. The first-order chi connectivity index (χ1) is 13.0. The van der Waals surface area contributed by atoms with E-state index in [4.69, 9.17) is 0 Å². The van der Waals surface area contributed by atoms with Crippen LogP contribution in [0.25, 0.3) is 0 Å². The molecule has 0 bridgehead atoms. The van der Waals surface area contributed by atoms with Gasteiger partial charge < -0.3 is 10.4 Å². The standard InChI is InChI=1S/C22H28N2O2S/c1-15(2)3-7-17-11-18(8-10-21(17)26)23-14-24-20-12-19(27-22(20)13-25)9-6-16-4-5-16/h8,10-16,26H,3-7,9H2,1-2H3,(H,23,24). The highest BCUT2D eigenvalue weighted by molar-refractivity contribution is 7.14. The lowest BCUT2D eigenvalue weighted by Gasteiger charge is -2.09. The van der Waals surface area contributed by atoms with Gasteiger partial charge in [0, 0.05) is 10.6 Å². The molecule has 0 radical (unpaired) electrons. The van der Waals surface area contributed by atoms with Crippen LogP contribution in [0, 0.1) is 11.8 Å². The van der Waals surface area contributed by atoms with Crippen molar-refractivity contribution in [3.8, 4) is 5.75 Å². The van der Waals surface area contributed by atoms with E-state index in [0.717, 1.165) is 48.4 Å². The van der Waals surface area contributed by atoms with Crippen molar-refractivity contribution in [1.82, 2.24) is 0 Å². The molecule has 0 amide bonds. The summed E-state index contributed by atoms with van der Waals surface area (Å²) >= 11 is 1.55. The molecule has 0 unspecified atom stereocenters. The van der Waals surface area contributed by atoms with Crippen molar-refractivity contribution in [2.45, 2.75) is 52.4 Å². The number of thiophene rings is 1. The topological polar surface area (TPSA) is 61.7 Å². The van der Waals surface area contributed by atoms with Gasteiger partial charge in [-0.3, -0.25) is 4.79 Å². The number of aliphatic imine (C=N–C) groups is 1. The average molecular weight is 385 g/mol. The number of carbonyl (C=O) groups excluding carboxylic acids is 1. The molecule has 2 N–H and O–H groups in total. The fraction of sp³-hybridized carbons (Fsp3) is 0.455. The van der Waals surface area contributed by atoms with Crippen molar-refractivity contribution in [2.24, 2.45) is 16.8 Å². The molecular weight excluding hydrogens is 356 g/mol. The van der Waals surface area contributed by atoms with Crippen molar-refractivity contribution >= 4 is 35.3 Å². The summed E-state index contributed by atoms with van der Waals surface area (Å²) in [6, 6.07) is 7.53. The zero-order valence-electron chi connectivity index (χ0n) is 16.1. The Kier molecular flexibility index (Phi) is 6.67. The van der Waals surface area contributed by atoms with Crippen LogP contribution in [0.15, 0.2) is 29.3 Å². The Morgan fingerprint density at radius 2 is 2.11 bits per heavy atom. The van der Waals surface area contributed by atoms with Crippen LogP contribution >= 0.6 is 11.3 Å². The van der Waals surface area contributed by atoms with Crippen LogP contribution in [0.3, 0.4) is 0 Å². The molecule has 4 nitrogen and oxygen atoms in total. The molecule has 1 aliphatic rings. The third-order valence-electron chi connectivity index (χ3n) is 4.90. The van der Waals surface area contributed by atoms with Gasteiger partial charge >= 0.3 is 0 Å². The van der Waals surface area contributed by atoms with E-state index in [0.29, 0.717) is 16.5 Å². The minimum absolute atomic E-state index is 0.333. The molecule has 1 aromatic heterocycles. The summed E-state index contributed by atoms with van der Waals surface area (Å²) in [6.07, 6.45) is 9.36. The molecule has 144 valence electrons. The van der Waals surface area contributed by atoms with Gasteiger partial charge in [-0.1, -0.05) is 26.7 Å². The number of anilines is 1. The van der Waals surface area contributed by atoms with E-state index >= 15 is 0 Å². The molecule has 0 atom stereocenters. The summed E-state index contributed by atoms with van der Waals surface area (Å²) in [7, 11) is 0. The predicted molar refractivity (Wildman–Crippen MR) is 114 cm³/mol. The van der Waals surface area contributed by atoms with Crippen LogP contribution < -0.4 is 5.32 Å². The molecule has 27 heavy (non-hydrogen) atoms. The van der Waals surface area contributed by atoms with E-state index in [2.05, 4.69) is 24.2 Å². The fourth-order valence-corrected chi connectivity index (χ4v) is 3.94. The lowest BCUT2D eigenvalue weighted by Crippen LogP contribution is -1.97. The first-order valence-corrected chi connectivity index (χ1v) is 10.6. The van der Waals surface area contributed by atoms with Crippen LogP contribution in [0.2, 0.25) is 0 Å². The molecule has 3 rings (SSSR count). The molecule has 0 spiro atoms. The number of phenolic OH excluding ortho intramolecular Hbond substituents is 1. The number of aromatic hydroxyl groups is 1. The second kappa shape index (κ2) is 9.18. The van der Waals surface area contributed by atoms with Crippen LogP contribution in [0.5, 0.6) is 5.75 Å². The largest absolute Gasteiger partial charge is 0.508 e. The molecule has 1 aliphatic carbocycles. The number of aldehydes is 1. The Bertz CT molecular complexity index is 807. The summed E-state index contributed by atoms with van der Waals surface area (Å²) in [5.74, 6) is 1.82. The SMILES string of the molecule is CC(C)CCc1cc(N/C=N\c2cc(CCC3CC3)sc2C=O)ccc1O. The number of carbonyl (C=O) groups is 1. The second-order valence-electron chi connectivity index (χ2n) is 7.74. The van der Waals surface area contributed by atoms with Crippen molar-refractivity contribution in [3.63, 3.8) is 0 Å². The highest BCUT2D eigenvalue weighted by Crippen LogP contribution is 2.36. The van der Waals surface area contributed by atoms with E-state index < -0.39 is 0 Å². The quantitative estimate of drug-likeness (QED) is 0.230. The Morgan fingerprint density at radius 3 is 2.81 bits per heavy atom. The number of nitrogens with one attached hydrogen (secondary N) is 1. The normalized spacial score (nSPS) is 14.2. The minimum atomic E-state index is 0.333. The summed E-state index contributed by atoms with van der Waals surface area (Å²) in [6.45, 7) is 4.35. The molecule has 5 heteroatoms. The molecule has 0 aliphatic heterocycles. The number of aryl methyl sites for hydroxylation is 2. The molecule has 1 aromatic carbocycles. The lowest BCUT2D eigenvalue weighted by atomic mass is 10.0. The van der Waals surface area contributed by atoms with Crippen molar-refractivity contribution < 1.29 is 9.90 Å². The van der Waals surface area contributed by atoms with E-state index in [1.165, 1.54) is 24.1 Å². The van der Waals surface area contributed by atoms with Crippen LogP contribution in [0.4, 0.5) is 11.4 Å². The molecule has 1 heterocycles. The van der Waals surface area contributed by atoms with Crippen molar-refractivity contribution in [1.29, 1.82) is 0 Å². The van der Waals surface area contributed by atoms with Crippen molar-refractivity contribution in [3.05, 3.63) is 39.6 Å². The fourth-order valence-electron chi connectivity index (χ4n) is 3.00. The highest BCUT2D eigenvalue weighted by atomic mass is 32.1. The van der Waals surface area contributed by atoms with Crippen LogP contribution in [-0.2, 0) is 12.8 Å². The molecular formula is C22H28N2O2S. The van der Waals surface area contributed by atoms with E-state index in [1.807, 2.05) is 18.2 Å². The number of rotatable bonds is 10. The summed E-state index contributed by atoms with van der Waals surface area (Å²) in [5.41, 5.74) is 2.55. The van der Waals surface area contributed by atoms with Gasteiger partial charge in [0.15, 0.2) is 6.29 Å². The number of hydrogen-bond donors (Lipinski definition) is 2. The third-order valence-corrected chi connectivity index (χ3v) is 6.01. The number of phenols is 1. The maximum absolute atomic E-state index is 11.3. The number of benzene rings is 1. The molecule has 1 saturated carbocycles. The average Bonchev–Trinajstić information content (AvgIpc) is 3.40. The summed E-state index contributed by atoms with van der Waals surface area (Å²) in [4.78, 5) is 17.7. The number of nitrogens with zero attached hydrogens (tertiary/aromatic N) is 1. The van der Waals surface area contributed by atoms with Crippen molar-refractivity contribution in [2.75, 3.05) is 5.32 Å². The van der Waals surface area contributed by atoms with Crippen LogP contribution in [-0.4, -0.2) is 17.7 Å². The maximum atomic E-state index is 11.3. The highest BCUT2D eigenvalue weighted by Gasteiger charge is 2.21. The van der Waals surface area contributed by atoms with E-state index in [1.54, 1.807) is 23.7 Å². The first kappa shape index (κ1) is 19.6. The van der Waals surface area contributed by atoms with Gasteiger partial charge in [0.1, 0.15) is 5.75 Å². The second-order valence-corrected chi connectivity index (χ2v) is 8.91. The zero-order valence-corrected chi connectivity index (χ0v) is 16.9. The Morgan fingerprint density at radius 1 is 1.30 bits per heavy atom. The van der Waals surface area contributed by atoms with Gasteiger partial charge in [-0.05, 0) is 67.3 Å². The molecule has 2 aromatic rings. The van der Waals surface area contributed by atoms with E-state index in [-0.39, 0.29) is 0 Å². The first-order valence-electron chi connectivity index (χ1n) is 9.74. The Labute approximate surface area is 165 Å². The third kappa shape index (κ3) is 5.93. The van der Waals surface area contributed by atoms with Gasteiger partial charge in [0.05, 0.1) is 16.9 Å². The molecule has 1 fully saturated rings.